The molecule has 6 nitrogen and oxygen atoms in total. The maximum Gasteiger partial charge on any atom is 0.293 e. The lowest BCUT2D eigenvalue weighted by molar-refractivity contribution is -0.384. The molecule has 0 bridgehead atoms. The lowest BCUT2D eigenvalue weighted by Gasteiger charge is -2.07. The number of pyridine rings is 1. The van der Waals surface area contributed by atoms with Gasteiger partial charge >= 0.3 is 0 Å². The van der Waals surface area contributed by atoms with Crippen molar-refractivity contribution in [1.29, 1.82) is 0 Å². The van der Waals surface area contributed by atoms with E-state index in [1.54, 1.807) is 12.4 Å². The normalized spacial score (nSPS) is 9.89. The molecule has 1 aromatic carbocycles. The second-order valence-electron chi connectivity index (χ2n) is 3.86. The first-order valence-electron chi connectivity index (χ1n) is 5.57. The van der Waals surface area contributed by atoms with Gasteiger partial charge in [0.15, 0.2) is 0 Å². The Labute approximate surface area is 109 Å². The van der Waals surface area contributed by atoms with E-state index in [0.29, 0.717) is 18.5 Å². The number of hydrogen-bond acceptors (Lipinski definition) is 5. The van der Waals surface area contributed by atoms with E-state index in [1.807, 2.05) is 12.1 Å². The lowest BCUT2D eigenvalue weighted by atomic mass is 10.2. The molecule has 19 heavy (non-hydrogen) atoms. The topological polar surface area (TPSA) is 85.1 Å². The average molecular weight is 257 g/mol. The van der Waals surface area contributed by atoms with Gasteiger partial charge in [-0.15, -0.1) is 0 Å². The van der Waals surface area contributed by atoms with Crippen LogP contribution in [0.25, 0.3) is 0 Å². The first-order chi connectivity index (χ1) is 9.20. The summed E-state index contributed by atoms with van der Waals surface area (Å²) in [6, 6.07) is 7.96. The molecule has 0 fully saturated rings. The molecule has 0 radical (unpaired) electrons. The number of nitrogens with zero attached hydrogens (tertiary/aromatic N) is 2. The van der Waals surface area contributed by atoms with Crippen LogP contribution in [0.5, 0.6) is 0 Å². The molecule has 0 atom stereocenters. The molecule has 0 saturated carbocycles. The van der Waals surface area contributed by atoms with Crippen molar-refractivity contribution in [2.24, 2.45) is 0 Å². The van der Waals surface area contributed by atoms with E-state index in [0.717, 1.165) is 5.56 Å². The van der Waals surface area contributed by atoms with Gasteiger partial charge in [0.25, 0.3) is 5.69 Å². The first-order valence-corrected chi connectivity index (χ1v) is 5.57. The third-order valence-corrected chi connectivity index (χ3v) is 2.59. The van der Waals surface area contributed by atoms with Crippen molar-refractivity contribution in [2.75, 3.05) is 5.32 Å². The summed E-state index contributed by atoms with van der Waals surface area (Å²) in [5.74, 6) is 0. The lowest BCUT2D eigenvalue weighted by Crippen LogP contribution is -2.03. The molecule has 0 unspecified atom stereocenters. The van der Waals surface area contributed by atoms with E-state index in [2.05, 4.69) is 10.3 Å². The van der Waals surface area contributed by atoms with Gasteiger partial charge in [-0.3, -0.25) is 19.9 Å². The fourth-order valence-corrected chi connectivity index (χ4v) is 1.62. The van der Waals surface area contributed by atoms with Gasteiger partial charge in [-0.05, 0) is 29.8 Å². The molecule has 0 spiro atoms. The zero-order valence-corrected chi connectivity index (χ0v) is 9.95. The fraction of sp³-hybridized carbons (Fsp3) is 0.0769. The van der Waals surface area contributed by atoms with E-state index < -0.39 is 4.92 Å². The minimum Gasteiger partial charge on any atom is -0.375 e. The zero-order valence-electron chi connectivity index (χ0n) is 9.95. The predicted octanol–water partition coefficient (Wildman–Crippen LogP) is 2.41. The molecule has 2 aromatic rings. The van der Waals surface area contributed by atoms with Crippen LogP contribution >= 0.6 is 0 Å². The van der Waals surface area contributed by atoms with Crippen LogP contribution in [0.3, 0.4) is 0 Å². The summed E-state index contributed by atoms with van der Waals surface area (Å²) in [4.78, 5) is 24.9. The molecule has 0 aliphatic heterocycles. The highest BCUT2D eigenvalue weighted by atomic mass is 16.6. The van der Waals surface area contributed by atoms with Gasteiger partial charge < -0.3 is 5.32 Å². The number of nitro groups is 1. The molecular weight excluding hydrogens is 246 g/mol. The van der Waals surface area contributed by atoms with E-state index in [9.17, 15) is 14.9 Å². The molecule has 2 rings (SSSR count). The van der Waals surface area contributed by atoms with Gasteiger partial charge in [0, 0.05) is 30.6 Å². The molecule has 96 valence electrons. The number of anilines is 1. The van der Waals surface area contributed by atoms with E-state index in [1.165, 1.54) is 18.2 Å². The Morgan fingerprint density at radius 3 is 2.63 bits per heavy atom. The Morgan fingerprint density at radius 2 is 2.00 bits per heavy atom. The second-order valence-corrected chi connectivity index (χ2v) is 3.86. The Morgan fingerprint density at radius 1 is 1.26 bits per heavy atom. The van der Waals surface area contributed by atoms with Crippen LogP contribution in [0, 0.1) is 10.1 Å². The monoisotopic (exact) mass is 257 g/mol. The minimum atomic E-state index is -0.512. The maximum atomic E-state index is 10.9. The first kappa shape index (κ1) is 12.7. The summed E-state index contributed by atoms with van der Waals surface area (Å²) in [5, 5.41) is 13.9. The summed E-state index contributed by atoms with van der Waals surface area (Å²) in [5.41, 5.74) is 1.51. The molecule has 0 saturated heterocycles. The van der Waals surface area contributed by atoms with Crippen molar-refractivity contribution < 1.29 is 9.72 Å². The van der Waals surface area contributed by atoms with Crippen LogP contribution in [0.2, 0.25) is 0 Å². The minimum absolute atomic E-state index is 0.112. The number of carbonyl (C=O) groups is 1. The summed E-state index contributed by atoms with van der Waals surface area (Å²) in [6.45, 7) is 0.448. The van der Waals surface area contributed by atoms with Crippen LogP contribution < -0.4 is 5.32 Å². The van der Waals surface area contributed by atoms with Crippen molar-refractivity contribution in [3.8, 4) is 0 Å². The predicted molar refractivity (Wildman–Crippen MR) is 70.0 cm³/mol. The summed E-state index contributed by atoms with van der Waals surface area (Å²) < 4.78 is 0. The highest BCUT2D eigenvalue weighted by Crippen LogP contribution is 2.25. The number of aromatic nitrogens is 1. The standard InChI is InChI=1S/C13H11N3O3/c17-9-11-1-2-12(13(7-11)16(18)19)15-8-10-3-5-14-6-4-10/h1-7,9,15H,8H2. The SMILES string of the molecule is O=Cc1ccc(NCc2ccncc2)c([N+](=O)[O-])c1. The molecule has 1 aromatic heterocycles. The number of rotatable bonds is 5. The van der Waals surface area contributed by atoms with Gasteiger partial charge in [0.05, 0.1) is 4.92 Å². The van der Waals surface area contributed by atoms with Crippen molar-refractivity contribution in [2.45, 2.75) is 6.54 Å². The van der Waals surface area contributed by atoms with E-state index >= 15 is 0 Å². The largest absolute Gasteiger partial charge is 0.375 e. The second kappa shape index (κ2) is 5.72. The Kier molecular flexibility index (Phi) is 3.82. The maximum absolute atomic E-state index is 10.9. The Hall–Kier alpha value is -2.76. The van der Waals surface area contributed by atoms with Crippen LogP contribution in [0.1, 0.15) is 15.9 Å². The highest BCUT2D eigenvalue weighted by molar-refractivity contribution is 5.79. The zero-order chi connectivity index (χ0) is 13.7. The smallest absolute Gasteiger partial charge is 0.293 e. The number of benzene rings is 1. The highest BCUT2D eigenvalue weighted by Gasteiger charge is 2.14. The third kappa shape index (κ3) is 3.12. The number of nitrogens with one attached hydrogen (secondary N) is 1. The van der Waals surface area contributed by atoms with Gasteiger partial charge in [-0.2, -0.15) is 0 Å². The van der Waals surface area contributed by atoms with Gasteiger partial charge in [-0.1, -0.05) is 0 Å². The molecular formula is C13H11N3O3. The van der Waals surface area contributed by atoms with Gasteiger partial charge in [0.2, 0.25) is 0 Å². The number of hydrogen-bond donors (Lipinski definition) is 1. The molecule has 0 aliphatic rings. The van der Waals surface area contributed by atoms with Gasteiger partial charge in [-0.25, -0.2) is 0 Å². The molecule has 1 N–H and O–H groups in total. The Bertz CT molecular complexity index is 599. The van der Waals surface area contributed by atoms with Gasteiger partial charge in [0.1, 0.15) is 12.0 Å². The Balaban J connectivity index is 2.20. The fourth-order valence-electron chi connectivity index (χ4n) is 1.62. The third-order valence-electron chi connectivity index (χ3n) is 2.59. The van der Waals surface area contributed by atoms with Crippen molar-refractivity contribution in [1.82, 2.24) is 4.98 Å². The van der Waals surface area contributed by atoms with E-state index in [-0.39, 0.29) is 11.3 Å². The number of aldehydes is 1. The van der Waals surface area contributed by atoms with Crippen LogP contribution in [-0.2, 0) is 6.54 Å². The summed E-state index contributed by atoms with van der Waals surface area (Å²) in [6.07, 6.45) is 3.89. The van der Waals surface area contributed by atoms with Crippen molar-refractivity contribution >= 4 is 17.7 Å². The quantitative estimate of drug-likeness (QED) is 0.505. The van der Waals surface area contributed by atoms with Crippen molar-refractivity contribution in [3.63, 3.8) is 0 Å². The number of carbonyl (C=O) groups excluding carboxylic acids is 1. The van der Waals surface area contributed by atoms with Crippen LogP contribution in [0.4, 0.5) is 11.4 Å². The molecule has 1 heterocycles. The average Bonchev–Trinajstić information content (AvgIpc) is 2.46. The molecule has 6 heteroatoms. The molecule has 0 amide bonds. The van der Waals surface area contributed by atoms with Crippen molar-refractivity contribution in [3.05, 3.63) is 64.0 Å². The number of nitro benzene ring substituents is 1. The van der Waals surface area contributed by atoms with Crippen LogP contribution in [0.15, 0.2) is 42.7 Å². The summed E-state index contributed by atoms with van der Waals surface area (Å²) >= 11 is 0. The van der Waals surface area contributed by atoms with E-state index in [4.69, 9.17) is 0 Å². The van der Waals surface area contributed by atoms with Crippen LogP contribution in [-0.4, -0.2) is 16.2 Å². The summed E-state index contributed by atoms with van der Waals surface area (Å²) in [7, 11) is 0. The molecule has 0 aliphatic carbocycles.